The van der Waals surface area contributed by atoms with Crippen LogP contribution < -0.4 is 4.74 Å². The Hall–Kier alpha value is -2.29. The number of aromatic nitrogens is 2. The van der Waals surface area contributed by atoms with Crippen molar-refractivity contribution < 1.29 is 18.3 Å². The van der Waals surface area contributed by atoms with E-state index in [4.69, 9.17) is 4.74 Å². The summed E-state index contributed by atoms with van der Waals surface area (Å²) in [4.78, 5) is 9.52. The Kier molecular flexibility index (Phi) is 4.85. The normalized spacial score (nSPS) is 11.5. The van der Waals surface area contributed by atoms with Crippen LogP contribution in [0.1, 0.15) is 10.6 Å². The van der Waals surface area contributed by atoms with Crippen molar-refractivity contribution in [3.8, 4) is 22.2 Å². The molecule has 0 radical (unpaired) electrons. The average molecular weight is 376 g/mol. The second-order valence-corrected chi connectivity index (χ2v) is 8.50. The van der Waals surface area contributed by atoms with Crippen LogP contribution in [0.4, 0.5) is 0 Å². The lowest BCUT2D eigenvalue weighted by Crippen LogP contribution is -1.96. The quantitative estimate of drug-likeness (QED) is 0.735. The van der Waals surface area contributed by atoms with Gasteiger partial charge in [0.05, 0.1) is 22.1 Å². The fourth-order valence-corrected chi connectivity index (χ4v) is 3.70. The molecule has 0 aliphatic heterocycles. The number of sulfone groups is 1. The van der Waals surface area contributed by atoms with Crippen LogP contribution in [0.2, 0.25) is 0 Å². The van der Waals surface area contributed by atoms with Crippen molar-refractivity contribution in [1.82, 2.24) is 9.97 Å². The predicted molar refractivity (Wildman–Crippen MR) is 95.6 cm³/mol. The summed E-state index contributed by atoms with van der Waals surface area (Å²) in [7, 11) is -3.25. The molecule has 3 rings (SSSR count). The number of pyridine rings is 1. The predicted octanol–water partition coefficient (Wildman–Crippen LogP) is 3.20. The minimum Gasteiger partial charge on any atom is -0.431 e. The van der Waals surface area contributed by atoms with Gasteiger partial charge in [-0.1, -0.05) is 11.3 Å². The topological polar surface area (TPSA) is 89.4 Å². The highest BCUT2D eigenvalue weighted by atomic mass is 32.2. The minimum absolute atomic E-state index is 0.148. The number of thiazole rings is 1. The summed E-state index contributed by atoms with van der Waals surface area (Å²) in [6.45, 7) is 1.74. The molecule has 0 bridgehead atoms. The molecule has 0 spiro atoms. The molecule has 0 unspecified atom stereocenters. The standard InChI is InChI=1S/C17H16N2O4S2/c1-11-9-12(7-8-18-11)16-15(10-20)24-17(19-16)23-13-3-5-14(6-4-13)25(2,21)22/h3-9,20H,10H2,1-2H3. The van der Waals surface area contributed by atoms with Crippen LogP contribution in [-0.4, -0.2) is 29.7 Å². The lowest BCUT2D eigenvalue weighted by molar-refractivity contribution is 0.286. The van der Waals surface area contributed by atoms with Crippen LogP contribution in [0.3, 0.4) is 0 Å². The van der Waals surface area contributed by atoms with E-state index in [9.17, 15) is 13.5 Å². The summed E-state index contributed by atoms with van der Waals surface area (Å²) in [6, 6.07) is 9.83. The molecule has 0 aliphatic rings. The van der Waals surface area contributed by atoms with Crippen molar-refractivity contribution in [2.45, 2.75) is 18.4 Å². The number of aliphatic hydroxyl groups excluding tert-OH is 1. The van der Waals surface area contributed by atoms with Gasteiger partial charge in [0.1, 0.15) is 5.75 Å². The Morgan fingerprint density at radius 1 is 1.20 bits per heavy atom. The van der Waals surface area contributed by atoms with E-state index in [1.807, 2.05) is 19.1 Å². The lowest BCUT2D eigenvalue weighted by Gasteiger charge is -2.03. The van der Waals surface area contributed by atoms with Gasteiger partial charge < -0.3 is 9.84 Å². The van der Waals surface area contributed by atoms with E-state index in [-0.39, 0.29) is 11.5 Å². The second-order valence-electron chi connectivity index (χ2n) is 5.44. The number of nitrogens with zero attached hydrogens (tertiary/aromatic N) is 2. The first-order valence-electron chi connectivity index (χ1n) is 7.38. The van der Waals surface area contributed by atoms with Crippen LogP contribution in [0.25, 0.3) is 11.3 Å². The highest BCUT2D eigenvalue weighted by Crippen LogP contribution is 2.35. The summed E-state index contributed by atoms with van der Waals surface area (Å²) >= 11 is 1.24. The third-order valence-electron chi connectivity index (χ3n) is 3.45. The largest absolute Gasteiger partial charge is 0.431 e. The van der Waals surface area contributed by atoms with Crippen molar-refractivity contribution in [2.75, 3.05) is 6.26 Å². The molecule has 1 aromatic carbocycles. The number of aliphatic hydroxyl groups is 1. The van der Waals surface area contributed by atoms with Gasteiger partial charge in [-0.2, -0.15) is 0 Å². The SMILES string of the molecule is Cc1cc(-c2nc(Oc3ccc(S(C)(=O)=O)cc3)sc2CO)ccn1. The maximum Gasteiger partial charge on any atom is 0.279 e. The maximum atomic E-state index is 11.5. The minimum atomic E-state index is -3.25. The number of hydrogen-bond donors (Lipinski definition) is 1. The summed E-state index contributed by atoms with van der Waals surface area (Å²) in [5.74, 6) is 0.475. The van der Waals surface area contributed by atoms with E-state index >= 15 is 0 Å². The Balaban J connectivity index is 1.89. The zero-order chi connectivity index (χ0) is 18.0. The van der Waals surface area contributed by atoms with Crippen LogP contribution in [0, 0.1) is 6.92 Å². The summed E-state index contributed by atoms with van der Waals surface area (Å²) < 4.78 is 28.7. The molecule has 6 nitrogen and oxygen atoms in total. The van der Waals surface area contributed by atoms with Crippen molar-refractivity contribution in [3.63, 3.8) is 0 Å². The molecule has 1 N–H and O–H groups in total. The fraction of sp³-hybridized carbons (Fsp3) is 0.176. The highest BCUT2D eigenvalue weighted by molar-refractivity contribution is 7.90. The van der Waals surface area contributed by atoms with Gasteiger partial charge in [-0.15, -0.1) is 0 Å². The molecule has 2 heterocycles. The molecule has 0 aliphatic carbocycles. The smallest absolute Gasteiger partial charge is 0.279 e. The van der Waals surface area contributed by atoms with E-state index < -0.39 is 9.84 Å². The summed E-state index contributed by atoms with van der Waals surface area (Å²) in [6.07, 6.45) is 2.84. The van der Waals surface area contributed by atoms with Crippen LogP contribution in [0.5, 0.6) is 10.9 Å². The first-order valence-corrected chi connectivity index (χ1v) is 10.1. The van der Waals surface area contributed by atoms with Gasteiger partial charge in [0.2, 0.25) is 0 Å². The summed E-state index contributed by atoms with van der Waals surface area (Å²) in [5, 5.41) is 9.96. The molecule has 25 heavy (non-hydrogen) atoms. The van der Waals surface area contributed by atoms with Crippen molar-refractivity contribution in [2.24, 2.45) is 0 Å². The number of benzene rings is 1. The van der Waals surface area contributed by atoms with Gasteiger partial charge >= 0.3 is 0 Å². The third-order valence-corrected chi connectivity index (χ3v) is 5.50. The van der Waals surface area contributed by atoms with Crippen molar-refractivity contribution in [3.05, 3.63) is 53.2 Å². The first kappa shape index (κ1) is 17.5. The Labute approximate surface area is 149 Å². The Bertz CT molecular complexity index is 996. The van der Waals surface area contributed by atoms with Crippen LogP contribution >= 0.6 is 11.3 Å². The number of aryl methyl sites for hydroxylation is 1. The van der Waals surface area contributed by atoms with E-state index in [1.54, 1.807) is 18.3 Å². The molecule has 0 amide bonds. The van der Waals surface area contributed by atoms with Crippen molar-refractivity contribution in [1.29, 1.82) is 0 Å². The number of hydrogen-bond acceptors (Lipinski definition) is 7. The molecule has 0 atom stereocenters. The molecular formula is C17H16N2O4S2. The third kappa shape index (κ3) is 4.04. The van der Waals surface area contributed by atoms with Crippen LogP contribution in [0.15, 0.2) is 47.5 Å². The molecule has 3 aromatic rings. The molecule has 0 saturated heterocycles. The Morgan fingerprint density at radius 3 is 2.52 bits per heavy atom. The molecule has 2 aromatic heterocycles. The average Bonchev–Trinajstić information content (AvgIpc) is 2.97. The van der Waals surface area contributed by atoms with Gasteiger partial charge in [-0.3, -0.25) is 4.98 Å². The lowest BCUT2D eigenvalue weighted by atomic mass is 10.1. The second kappa shape index (κ2) is 6.91. The highest BCUT2D eigenvalue weighted by Gasteiger charge is 2.15. The van der Waals surface area contributed by atoms with Gasteiger partial charge in [0, 0.05) is 23.7 Å². The maximum absolute atomic E-state index is 11.5. The van der Waals surface area contributed by atoms with E-state index in [0.29, 0.717) is 21.5 Å². The molecule has 0 fully saturated rings. The van der Waals surface area contributed by atoms with Gasteiger partial charge in [0.25, 0.3) is 5.19 Å². The fourth-order valence-electron chi connectivity index (χ4n) is 2.26. The van der Waals surface area contributed by atoms with Gasteiger partial charge in [-0.25, -0.2) is 13.4 Å². The molecule has 130 valence electrons. The molecule has 0 saturated carbocycles. The number of ether oxygens (including phenoxy) is 1. The van der Waals surface area contributed by atoms with Crippen LogP contribution in [-0.2, 0) is 16.4 Å². The van der Waals surface area contributed by atoms with Gasteiger partial charge in [0.15, 0.2) is 9.84 Å². The van der Waals surface area contributed by atoms with Crippen molar-refractivity contribution >= 4 is 21.2 Å². The van der Waals surface area contributed by atoms with Gasteiger partial charge in [-0.05, 0) is 43.3 Å². The zero-order valence-corrected chi connectivity index (χ0v) is 15.3. The molecule has 8 heteroatoms. The zero-order valence-electron chi connectivity index (χ0n) is 13.6. The molecular weight excluding hydrogens is 360 g/mol. The van der Waals surface area contributed by atoms with E-state index in [1.165, 1.54) is 23.5 Å². The monoisotopic (exact) mass is 376 g/mol. The first-order chi connectivity index (χ1) is 11.9. The van der Waals surface area contributed by atoms with E-state index in [2.05, 4.69) is 9.97 Å². The Morgan fingerprint density at radius 2 is 1.92 bits per heavy atom. The summed E-state index contributed by atoms with van der Waals surface area (Å²) in [5.41, 5.74) is 2.36. The number of rotatable bonds is 5. The van der Waals surface area contributed by atoms with E-state index in [0.717, 1.165) is 17.5 Å².